The molecule has 1 amide bonds. The van der Waals surface area contributed by atoms with E-state index in [0.717, 1.165) is 17.5 Å². The maximum absolute atomic E-state index is 12.5. The van der Waals surface area contributed by atoms with Crippen molar-refractivity contribution in [3.8, 4) is 0 Å². The molecule has 0 saturated heterocycles. The minimum absolute atomic E-state index is 0.0966. The van der Waals surface area contributed by atoms with E-state index in [9.17, 15) is 4.79 Å². The molecule has 4 rings (SSSR count). The molecule has 5 nitrogen and oxygen atoms in total. The van der Waals surface area contributed by atoms with Crippen LogP contribution in [-0.4, -0.2) is 28.7 Å². The van der Waals surface area contributed by atoms with Gasteiger partial charge in [0.25, 0.3) is 5.91 Å². The van der Waals surface area contributed by atoms with Gasteiger partial charge in [0.1, 0.15) is 11.8 Å². The van der Waals surface area contributed by atoms with Gasteiger partial charge < -0.3 is 10.1 Å². The fourth-order valence-corrected chi connectivity index (χ4v) is 3.04. The van der Waals surface area contributed by atoms with Gasteiger partial charge in [-0.3, -0.25) is 4.79 Å². The van der Waals surface area contributed by atoms with Gasteiger partial charge in [-0.1, -0.05) is 30.3 Å². The lowest BCUT2D eigenvalue weighted by Gasteiger charge is -2.26. The number of carbonyl (C=O) groups excluding carboxylic acids is 1. The fourth-order valence-electron chi connectivity index (χ4n) is 3.04. The van der Waals surface area contributed by atoms with E-state index >= 15 is 0 Å². The van der Waals surface area contributed by atoms with E-state index in [1.54, 1.807) is 16.8 Å². The van der Waals surface area contributed by atoms with E-state index in [2.05, 4.69) is 22.5 Å². The second kappa shape index (κ2) is 5.85. The number of aromatic nitrogens is 2. The van der Waals surface area contributed by atoms with E-state index in [4.69, 9.17) is 4.74 Å². The number of amides is 1. The zero-order chi connectivity index (χ0) is 15.6. The average molecular weight is 307 g/mol. The molecule has 5 heteroatoms. The summed E-state index contributed by atoms with van der Waals surface area (Å²) >= 11 is 0. The summed E-state index contributed by atoms with van der Waals surface area (Å²) in [5.41, 5.74) is 3.89. The summed E-state index contributed by atoms with van der Waals surface area (Å²) in [7, 11) is 0. The average Bonchev–Trinajstić information content (AvgIpc) is 3.08. The molecule has 0 fully saturated rings. The van der Waals surface area contributed by atoms with Crippen molar-refractivity contribution in [2.45, 2.75) is 12.5 Å². The standard InChI is InChI=1S/C18H17N3O2/c22-18(16-7-3-5-14-8-10-20-21(14)16)19-12-17-15-6-2-1-4-13(15)9-11-23-17/h1-8,10,17H,9,11-12H2,(H,19,22). The molecule has 23 heavy (non-hydrogen) atoms. The van der Waals surface area contributed by atoms with Gasteiger partial charge in [0.05, 0.1) is 18.3 Å². The van der Waals surface area contributed by atoms with Crippen molar-refractivity contribution in [1.82, 2.24) is 14.9 Å². The minimum Gasteiger partial charge on any atom is -0.371 e. The highest BCUT2D eigenvalue weighted by Crippen LogP contribution is 2.26. The molecule has 2 aromatic heterocycles. The van der Waals surface area contributed by atoms with Crippen molar-refractivity contribution in [2.75, 3.05) is 13.2 Å². The summed E-state index contributed by atoms with van der Waals surface area (Å²) < 4.78 is 7.47. The topological polar surface area (TPSA) is 55.6 Å². The first kappa shape index (κ1) is 14.0. The zero-order valence-electron chi connectivity index (χ0n) is 12.6. The van der Waals surface area contributed by atoms with Gasteiger partial charge in [0.2, 0.25) is 0 Å². The summed E-state index contributed by atoms with van der Waals surface area (Å²) in [6, 6.07) is 15.7. The number of nitrogens with one attached hydrogen (secondary N) is 1. The van der Waals surface area contributed by atoms with Gasteiger partial charge in [-0.15, -0.1) is 0 Å². The number of hydrogen-bond acceptors (Lipinski definition) is 3. The van der Waals surface area contributed by atoms with Gasteiger partial charge in [-0.05, 0) is 35.7 Å². The number of fused-ring (bicyclic) bond motifs is 2. The molecular formula is C18H17N3O2. The predicted octanol–water partition coefficient (Wildman–Crippen LogP) is 2.38. The highest BCUT2D eigenvalue weighted by atomic mass is 16.5. The van der Waals surface area contributed by atoms with Crippen LogP contribution in [0.25, 0.3) is 5.52 Å². The molecule has 1 aliphatic heterocycles. The molecule has 0 aliphatic carbocycles. The van der Waals surface area contributed by atoms with Crippen LogP contribution in [0.4, 0.5) is 0 Å². The summed E-state index contributed by atoms with van der Waals surface area (Å²) in [4.78, 5) is 12.5. The van der Waals surface area contributed by atoms with Crippen LogP contribution in [0.5, 0.6) is 0 Å². The lowest BCUT2D eigenvalue weighted by atomic mass is 9.97. The molecule has 0 spiro atoms. The first-order chi connectivity index (χ1) is 11.3. The van der Waals surface area contributed by atoms with Crippen LogP contribution in [0.3, 0.4) is 0 Å². The normalized spacial score (nSPS) is 17.0. The van der Waals surface area contributed by atoms with Crippen LogP contribution in [-0.2, 0) is 11.2 Å². The Bertz CT molecular complexity index is 856. The third-order valence-electron chi connectivity index (χ3n) is 4.19. The van der Waals surface area contributed by atoms with Crippen LogP contribution >= 0.6 is 0 Å². The fraction of sp³-hybridized carbons (Fsp3) is 0.222. The van der Waals surface area contributed by atoms with Crippen molar-refractivity contribution in [3.05, 3.63) is 71.5 Å². The molecule has 1 aliphatic rings. The largest absolute Gasteiger partial charge is 0.371 e. The third kappa shape index (κ3) is 2.59. The van der Waals surface area contributed by atoms with E-state index in [-0.39, 0.29) is 12.0 Å². The van der Waals surface area contributed by atoms with Crippen molar-refractivity contribution >= 4 is 11.4 Å². The van der Waals surface area contributed by atoms with Crippen molar-refractivity contribution in [1.29, 1.82) is 0 Å². The Morgan fingerprint density at radius 2 is 2.13 bits per heavy atom. The van der Waals surface area contributed by atoms with Crippen LogP contribution in [0.2, 0.25) is 0 Å². The predicted molar refractivity (Wildman–Crippen MR) is 86.4 cm³/mol. The molecule has 0 bridgehead atoms. The SMILES string of the molecule is O=C(NCC1OCCc2ccccc21)c1cccc2ccnn12. The Kier molecular flexibility index (Phi) is 3.55. The van der Waals surface area contributed by atoms with Crippen LogP contribution in [0.1, 0.15) is 27.7 Å². The molecular weight excluding hydrogens is 290 g/mol. The highest BCUT2D eigenvalue weighted by Gasteiger charge is 2.21. The first-order valence-corrected chi connectivity index (χ1v) is 7.73. The molecule has 0 saturated carbocycles. The molecule has 1 unspecified atom stereocenters. The Morgan fingerprint density at radius 1 is 1.22 bits per heavy atom. The van der Waals surface area contributed by atoms with E-state index in [0.29, 0.717) is 18.8 Å². The summed E-state index contributed by atoms with van der Waals surface area (Å²) in [6.07, 6.45) is 2.51. The second-order valence-electron chi connectivity index (χ2n) is 5.60. The number of hydrogen-bond donors (Lipinski definition) is 1. The van der Waals surface area contributed by atoms with Crippen molar-refractivity contribution < 1.29 is 9.53 Å². The second-order valence-corrected chi connectivity index (χ2v) is 5.60. The van der Waals surface area contributed by atoms with Crippen LogP contribution in [0.15, 0.2) is 54.7 Å². The number of benzene rings is 1. The Hall–Kier alpha value is -2.66. The number of carbonyl (C=O) groups is 1. The van der Waals surface area contributed by atoms with Gasteiger partial charge in [0, 0.05) is 6.54 Å². The molecule has 1 N–H and O–H groups in total. The molecule has 1 aromatic carbocycles. The van der Waals surface area contributed by atoms with Crippen LogP contribution in [0, 0.1) is 0 Å². The Morgan fingerprint density at radius 3 is 3.09 bits per heavy atom. The Balaban J connectivity index is 1.52. The summed E-state index contributed by atoms with van der Waals surface area (Å²) in [5, 5.41) is 7.16. The monoisotopic (exact) mass is 307 g/mol. The maximum atomic E-state index is 12.5. The van der Waals surface area contributed by atoms with Gasteiger partial charge in [-0.2, -0.15) is 5.10 Å². The lowest BCUT2D eigenvalue weighted by molar-refractivity contribution is 0.0410. The zero-order valence-corrected chi connectivity index (χ0v) is 12.6. The number of pyridine rings is 1. The number of nitrogens with zero attached hydrogens (tertiary/aromatic N) is 2. The van der Waals surface area contributed by atoms with Crippen molar-refractivity contribution in [3.63, 3.8) is 0 Å². The first-order valence-electron chi connectivity index (χ1n) is 7.73. The minimum atomic E-state index is -0.147. The number of rotatable bonds is 3. The van der Waals surface area contributed by atoms with Crippen molar-refractivity contribution in [2.24, 2.45) is 0 Å². The third-order valence-corrected chi connectivity index (χ3v) is 4.19. The summed E-state index contributed by atoms with van der Waals surface area (Å²) in [6.45, 7) is 1.14. The van der Waals surface area contributed by atoms with Gasteiger partial charge in [-0.25, -0.2) is 4.52 Å². The lowest BCUT2D eigenvalue weighted by Crippen LogP contribution is -2.32. The summed E-state index contributed by atoms with van der Waals surface area (Å²) in [5.74, 6) is -0.147. The molecule has 0 radical (unpaired) electrons. The molecule has 1 atom stereocenters. The molecule has 3 heterocycles. The van der Waals surface area contributed by atoms with Gasteiger partial charge >= 0.3 is 0 Å². The van der Waals surface area contributed by atoms with Crippen LogP contribution < -0.4 is 5.32 Å². The quantitative estimate of drug-likeness (QED) is 0.808. The molecule has 3 aromatic rings. The van der Waals surface area contributed by atoms with Gasteiger partial charge in [0.15, 0.2) is 0 Å². The number of ether oxygens (including phenoxy) is 1. The van der Waals surface area contributed by atoms with E-state index < -0.39 is 0 Å². The highest BCUT2D eigenvalue weighted by molar-refractivity contribution is 5.93. The maximum Gasteiger partial charge on any atom is 0.270 e. The molecule has 116 valence electrons. The Labute approximate surface area is 133 Å². The smallest absolute Gasteiger partial charge is 0.270 e. The van der Waals surface area contributed by atoms with E-state index in [1.807, 2.05) is 30.3 Å². The van der Waals surface area contributed by atoms with E-state index in [1.165, 1.54) is 5.56 Å².